The van der Waals surface area contributed by atoms with Gasteiger partial charge < -0.3 is 10.4 Å². The molecule has 0 bridgehead atoms. The quantitative estimate of drug-likeness (QED) is 0.673. The number of hydrogen-bond acceptors (Lipinski definition) is 3. The maximum Gasteiger partial charge on any atom is 0.394 e. The van der Waals surface area contributed by atoms with E-state index in [2.05, 4.69) is 5.32 Å². The lowest BCUT2D eigenvalue weighted by Gasteiger charge is -2.28. The fraction of sp³-hybridized carbons (Fsp3) is 0.778. The molecule has 2 unspecified atom stereocenters. The minimum absolute atomic E-state index is 0.0461. The van der Waals surface area contributed by atoms with Crippen molar-refractivity contribution in [1.82, 2.24) is 5.32 Å². The van der Waals surface area contributed by atoms with Crippen molar-refractivity contribution in [2.45, 2.75) is 37.0 Å². The van der Waals surface area contributed by atoms with E-state index in [4.69, 9.17) is 5.11 Å². The van der Waals surface area contributed by atoms with Gasteiger partial charge in [-0.1, -0.05) is 6.42 Å². The predicted octanol–water partition coefficient (Wildman–Crippen LogP) is 0.861. The topological polar surface area (TPSA) is 66.4 Å². The number of carboxylic acid groups (broad SMARTS) is 1. The zero-order chi connectivity index (χ0) is 10.6. The van der Waals surface area contributed by atoms with Crippen LogP contribution in [-0.2, 0) is 9.59 Å². The number of carbonyl (C=O) groups excluding carboxylic acids is 1. The summed E-state index contributed by atoms with van der Waals surface area (Å²) in [5.74, 6) is -2.27. The third-order valence-electron chi connectivity index (χ3n) is 2.49. The second-order valence-corrected chi connectivity index (χ2v) is 4.64. The molecule has 0 saturated heterocycles. The van der Waals surface area contributed by atoms with Gasteiger partial charge >= 0.3 is 11.9 Å². The summed E-state index contributed by atoms with van der Waals surface area (Å²) in [5.41, 5.74) is 0. The van der Waals surface area contributed by atoms with Gasteiger partial charge in [-0.2, -0.15) is 11.8 Å². The van der Waals surface area contributed by atoms with Gasteiger partial charge in [-0.25, -0.2) is 4.79 Å². The van der Waals surface area contributed by atoms with Gasteiger partial charge in [-0.15, -0.1) is 0 Å². The lowest BCUT2D eigenvalue weighted by molar-refractivity contribution is -0.150. The number of rotatable bonds is 2. The molecule has 1 rings (SSSR count). The van der Waals surface area contributed by atoms with Crippen LogP contribution in [0.25, 0.3) is 0 Å². The molecule has 80 valence electrons. The Morgan fingerprint density at radius 2 is 2.14 bits per heavy atom. The highest BCUT2D eigenvalue weighted by atomic mass is 32.2. The molecule has 1 saturated carbocycles. The summed E-state index contributed by atoms with van der Waals surface area (Å²) in [4.78, 5) is 21.2. The van der Waals surface area contributed by atoms with Gasteiger partial charge in [0.2, 0.25) is 0 Å². The second kappa shape index (κ2) is 5.24. The molecular formula is C9H15NO3S. The van der Waals surface area contributed by atoms with E-state index < -0.39 is 11.9 Å². The van der Waals surface area contributed by atoms with Gasteiger partial charge in [0.25, 0.3) is 0 Å². The number of carbonyl (C=O) groups is 2. The molecule has 0 spiro atoms. The van der Waals surface area contributed by atoms with E-state index in [0.29, 0.717) is 5.25 Å². The van der Waals surface area contributed by atoms with E-state index >= 15 is 0 Å². The highest BCUT2D eigenvalue weighted by molar-refractivity contribution is 7.99. The summed E-state index contributed by atoms with van der Waals surface area (Å²) in [6, 6.07) is 0.0461. The maximum absolute atomic E-state index is 10.9. The number of nitrogens with one attached hydrogen (secondary N) is 1. The monoisotopic (exact) mass is 217 g/mol. The molecule has 4 nitrogen and oxygen atoms in total. The van der Waals surface area contributed by atoms with Crippen molar-refractivity contribution in [3.05, 3.63) is 0 Å². The molecular weight excluding hydrogens is 202 g/mol. The first-order chi connectivity index (χ1) is 6.63. The molecule has 0 aromatic rings. The molecule has 0 aromatic heterocycles. The van der Waals surface area contributed by atoms with Crippen LogP contribution < -0.4 is 5.32 Å². The molecule has 0 heterocycles. The highest BCUT2D eigenvalue weighted by Crippen LogP contribution is 2.26. The zero-order valence-corrected chi connectivity index (χ0v) is 8.97. The Morgan fingerprint density at radius 1 is 1.43 bits per heavy atom. The van der Waals surface area contributed by atoms with Crippen molar-refractivity contribution >= 4 is 23.6 Å². The molecule has 2 atom stereocenters. The van der Waals surface area contributed by atoms with Crippen molar-refractivity contribution in [2.75, 3.05) is 6.26 Å². The van der Waals surface area contributed by atoms with Crippen LogP contribution in [-0.4, -0.2) is 34.5 Å². The minimum atomic E-state index is -1.39. The third-order valence-corrected chi connectivity index (χ3v) is 3.58. The van der Waals surface area contributed by atoms with E-state index in [1.807, 2.05) is 6.26 Å². The Bertz CT molecular complexity index is 232. The van der Waals surface area contributed by atoms with E-state index in [1.165, 1.54) is 6.42 Å². The Balaban J connectivity index is 2.37. The molecule has 1 fully saturated rings. The lowest BCUT2D eigenvalue weighted by atomic mass is 9.95. The van der Waals surface area contributed by atoms with Gasteiger partial charge in [0.05, 0.1) is 0 Å². The van der Waals surface area contributed by atoms with Crippen LogP contribution in [0, 0.1) is 0 Å². The Kier molecular flexibility index (Phi) is 4.25. The summed E-state index contributed by atoms with van der Waals surface area (Å²) in [6.45, 7) is 0. The van der Waals surface area contributed by atoms with Gasteiger partial charge in [0.1, 0.15) is 0 Å². The highest BCUT2D eigenvalue weighted by Gasteiger charge is 2.24. The van der Waals surface area contributed by atoms with Gasteiger partial charge in [0, 0.05) is 11.3 Å². The summed E-state index contributed by atoms with van der Waals surface area (Å²) in [5, 5.41) is 11.5. The SMILES string of the molecule is CSC1CCCC(NC(=O)C(=O)O)C1. The average molecular weight is 217 g/mol. The van der Waals surface area contributed by atoms with Crippen LogP contribution >= 0.6 is 11.8 Å². The summed E-state index contributed by atoms with van der Waals surface area (Å²) < 4.78 is 0. The second-order valence-electron chi connectivity index (χ2n) is 3.50. The van der Waals surface area contributed by atoms with E-state index in [0.717, 1.165) is 19.3 Å². The molecule has 1 aliphatic carbocycles. The summed E-state index contributed by atoms with van der Waals surface area (Å²) in [7, 11) is 0. The van der Waals surface area contributed by atoms with Crippen molar-refractivity contribution in [1.29, 1.82) is 0 Å². The van der Waals surface area contributed by atoms with Crippen LogP contribution in [0.3, 0.4) is 0 Å². The molecule has 0 radical (unpaired) electrons. The first-order valence-corrected chi connectivity index (χ1v) is 5.99. The number of aliphatic carboxylic acids is 1. The fourth-order valence-electron chi connectivity index (χ4n) is 1.74. The Hall–Kier alpha value is -0.710. The van der Waals surface area contributed by atoms with Crippen molar-refractivity contribution in [3.8, 4) is 0 Å². The number of amides is 1. The van der Waals surface area contributed by atoms with Gasteiger partial charge in [-0.3, -0.25) is 4.79 Å². The molecule has 0 aliphatic heterocycles. The molecule has 1 amide bonds. The first-order valence-electron chi connectivity index (χ1n) is 4.70. The van der Waals surface area contributed by atoms with E-state index in [-0.39, 0.29) is 6.04 Å². The van der Waals surface area contributed by atoms with Gasteiger partial charge in [0.15, 0.2) is 0 Å². The zero-order valence-electron chi connectivity index (χ0n) is 8.16. The molecule has 14 heavy (non-hydrogen) atoms. The molecule has 5 heteroatoms. The van der Waals surface area contributed by atoms with Crippen LogP contribution in [0.4, 0.5) is 0 Å². The van der Waals surface area contributed by atoms with E-state index in [9.17, 15) is 9.59 Å². The number of hydrogen-bond donors (Lipinski definition) is 2. The van der Waals surface area contributed by atoms with Crippen molar-refractivity contribution in [3.63, 3.8) is 0 Å². The Labute approximate surface area is 87.4 Å². The van der Waals surface area contributed by atoms with Crippen molar-refractivity contribution < 1.29 is 14.7 Å². The predicted molar refractivity (Wildman–Crippen MR) is 55.3 cm³/mol. The molecule has 1 aliphatic rings. The van der Waals surface area contributed by atoms with Crippen LogP contribution in [0.5, 0.6) is 0 Å². The Morgan fingerprint density at radius 3 is 2.71 bits per heavy atom. The lowest BCUT2D eigenvalue weighted by Crippen LogP contribution is -2.42. The summed E-state index contributed by atoms with van der Waals surface area (Å²) in [6.07, 6.45) is 6.07. The van der Waals surface area contributed by atoms with Gasteiger partial charge in [-0.05, 0) is 25.5 Å². The number of carboxylic acids is 1. The largest absolute Gasteiger partial charge is 0.474 e. The average Bonchev–Trinajstić information content (AvgIpc) is 2.18. The number of thioether (sulfide) groups is 1. The molecule has 2 N–H and O–H groups in total. The summed E-state index contributed by atoms with van der Waals surface area (Å²) >= 11 is 1.79. The van der Waals surface area contributed by atoms with E-state index in [1.54, 1.807) is 11.8 Å². The smallest absolute Gasteiger partial charge is 0.394 e. The van der Waals surface area contributed by atoms with Crippen LogP contribution in [0.1, 0.15) is 25.7 Å². The van der Waals surface area contributed by atoms with Crippen molar-refractivity contribution in [2.24, 2.45) is 0 Å². The van der Waals surface area contributed by atoms with Crippen LogP contribution in [0.2, 0.25) is 0 Å². The minimum Gasteiger partial charge on any atom is -0.474 e. The third kappa shape index (κ3) is 3.21. The first kappa shape index (κ1) is 11.4. The molecule has 0 aromatic carbocycles. The standard InChI is InChI=1S/C9H15NO3S/c1-14-7-4-2-3-6(5-7)10-8(11)9(12)13/h6-7H,2-5H2,1H3,(H,10,11)(H,12,13). The fourth-order valence-corrected chi connectivity index (χ4v) is 2.56. The normalized spacial score (nSPS) is 26.9. The van der Waals surface area contributed by atoms with Crippen LogP contribution in [0.15, 0.2) is 0 Å². The maximum atomic E-state index is 10.9.